The molecule has 1 aliphatic rings. The highest BCUT2D eigenvalue weighted by Crippen LogP contribution is 2.41. The van der Waals surface area contributed by atoms with Gasteiger partial charge in [0.2, 0.25) is 0 Å². The Balaban J connectivity index is 1.94. The van der Waals surface area contributed by atoms with Crippen LogP contribution in [0.15, 0.2) is 54.6 Å². The molecule has 0 spiro atoms. The molecule has 0 saturated carbocycles. The van der Waals surface area contributed by atoms with Crippen LogP contribution < -0.4 is 4.74 Å². The topological polar surface area (TPSA) is 32.7 Å². The third-order valence-corrected chi connectivity index (χ3v) is 5.62. The van der Waals surface area contributed by atoms with Gasteiger partial charge < -0.3 is 14.7 Å². The molecule has 26 heavy (non-hydrogen) atoms. The Hall–Kier alpha value is -1.84. The van der Waals surface area contributed by atoms with Crippen LogP contribution in [0.3, 0.4) is 0 Å². The van der Waals surface area contributed by atoms with E-state index in [0.29, 0.717) is 13.0 Å². The molecule has 140 valence electrons. The number of ether oxygens (including phenoxy) is 1. The number of aliphatic hydroxyl groups is 1. The van der Waals surface area contributed by atoms with Crippen molar-refractivity contribution in [2.24, 2.45) is 0 Å². The van der Waals surface area contributed by atoms with Gasteiger partial charge in [-0.2, -0.15) is 0 Å². The van der Waals surface area contributed by atoms with Crippen LogP contribution in [0.1, 0.15) is 50.2 Å². The summed E-state index contributed by atoms with van der Waals surface area (Å²) in [4.78, 5) is 2.49. The number of hydrogen-bond acceptors (Lipinski definition) is 3. The monoisotopic (exact) mass is 353 g/mol. The third-order valence-electron chi connectivity index (χ3n) is 5.62. The number of likely N-dealkylation sites (tertiary alicyclic amines) is 1. The van der Waals surface area contributed by atoms with Crippen LogP contribution >= 0.6 is 0 Å². The Labute approximate surface area is 157 Å². The molecule has 0 aliphatic carbocycles. The molecule has 1 N–H and O–H groups in total. The molecule has 1 saturated heterocycles. The van der Waals surface area contributed by atoms with E-state index in [4.69, 9.17) is 4.74 Å². The van der Waals surface area contributed by atoms with Crippen molar-refractivity contribution in [3.05, 3.63) is 65.7 Å². The molecule has 0 radical (unpaired) electrons. The second-order valence-electron chi connectivity index (χ2n) is 7.21. The average molecular weight is 354 g/mol. The first-order valence-electron chi connectivity index (χ1n) is 9.90. The Morgan fingerprint density at radius 1 is 1.00 bits per heavy atom. The quantitative estimate of drug-likeness (QED) is 0.755. The van der Waals surface area contributed by atoms with Gasteiger partial charge in [0.25, 0.3) is 0 Å². The van der Waals surface area contributed by atoms with E-state index in [1.165, 1.54) is 18.4 Å². The number of benzene rings is 2. The van der Waals surface area contributed by atoms with Crippen molar-refractivity contribution in [1.29, 1.82) is 0 Å². The minimum Gasteiger partial charge on any atom is -0.494 e. The molecule has 1 heterocycles. The van der Waals surface area contributed by atoms with Gasteiger partial charge in [0, 0.05) is 12.5 Å². The van der Waals surface area contributed by atoms with E-state index in [9.17, 15) is 5.11 Å². The lowest BCUT2D eigenvalue weighted by atomic mass is 9.75. The maximum atomic E-state index is 11.8. The van der Waals surface area contributed by atoms with Crippen molar-refractivity contribution in [2.45, 2.75) is 44.6 Å². The van der Waals surface area contributed by atoms with Crippen LogP contribution in [0.2, 0.25) is 0 Å². The second kappa shape index (κ2) is 8.70. The van der Waals surface area contributed by atoms with E-state index in [1.807, 2.05) is 37.3 Å². The maximum absolute atomic E-state index is 11.8. The summed E-state index contributed by atoms with van der Waals surface area (Å²) in [5.74, 6) is 0.898. The van der Waals surface area contributed by atoms with Crippen LogP contribution in [0.4, 0.5) is 0 Å². The Morgan fingerprint density at radius 3 is 2.23 bits per heavy atom. The predicted octanol–water partition coefficient (Wildman–Crippen LogP) is 4.56. The molecule has 1 fully saturated rings. The van der Waals surface area contributed by atoms with Crippen molar-refractivity contribution in [1.82, 2.24) is 4.90 Å². The van der Waals surface area contributed by atoms with Gasteiger partial charge >= 0.3 is 0 Å². The largest absolute Gasteiger partial charge is 0.494 e. The predicted molar refractivity (Wildman–Crippen MR) is 107 cm³/mol. The maximum Gasteiger partial charge on any atom is 0.119 e. The zero-order valence-corrected chi connectivity index (χ0v) is 16.0. The van der Waals surface area contributed by atoms with E-state index in [2.05, 4.69) is 36.1 Å². The highest BCUT2D eigenvalue weighted by molar-refractivity contribution is 5.35. The summed E-state index contributed by atoms with van der Waals surface area (Å²) in [7, 11) is 0. The first kappa shape index (κ1) is 18.9. The minimum atomic E-state index is -0.894. The van der Waals surface area contributed by atoms with Crippen LogP contribution in [0.5, 0.6) is 5.75 Å². The van der Waals surface area contributed by atoms with Gasteiger partial charge in [0.15, 0.2) is 0 Å². The van der Waals surface area contributed by atoms with E-state index >= 15 is 0 Å². The van der Waals surface area contributed by atoms with E-state index in [-0.39, 0.29) is 5.92 Å². The first-order valence-corrected chi connectivity index (χ1v) is 9.90. The highest BCUT2D eigenvalue weighted by atomic mass is 16.5. The van der Waals surface area contributed by atoms with Crippen molar-refractivity contribution >= 4 is 0 Å². The first-order chi connectivity index (χ1) is 12.7. The summed E-state index contributed by atoms with van der Waals surface area (Å²) in [6, 6.07) is 18.5. The SMILES string of the molecule is CCOc1ccc([C@@](O)(CC)[C@@H](CN2CCCC2)c2ccccc2)cc1. The third kappa shape index (κ3) is 4.11. The Morgan fingerprint density at radius 2 is 1.65 bits per heavy atom. The van der Waals surface area contributed by atoms with Crippen LogP contribution in [-0.4, -0.2) is 36.2 Å². The molecule has 0 amide bonds. The van der Waals surface area contributed by atoms with Crippen molar-refractivity contribution in [2.75, 3.05) is 26.2 Å². The van der Waals surface area contributed by atoms with E-state index < -0.39 is 5.60 Å². The Bertz CT molecular complexity index is 664. The van der Waals surface area contributed by atoms with E-state index in [0.717, 1.165) is 30.9 Å². The van der Waals surface area contributed by atoms with Gasteiger partial charge in [-0.1, -0.05) is 49.4 Å². The number of hydrogen-bond donors (Lipinski definition) is 1. The molecule has 2 atom stereocenters. The highest BCUT2D eigenvalue weighted by Gasteiger charge is 2.39. The Kier molecular flexibility index (Phi) is 6.33. The zero-order valence-electron chi connectivity index (χ0n) is 16.0. The molecule has 1 aliphatic heterocycles. The molecule has 2 aromatic rings. The molecule has 0 aromatic heterocycles. The van der Waals surface area contributed by atoms with Crippen LogP contribution in [0.25, 0.3) is 0 Å². The molecule has 3 heteroatoms. The number of rotatable bonds is 8. The molecule has 0 unspecified atom stereocenters. The summed E-state index contributed by atoms with van der Waals surface area (Å²) < 4.78 is 5.57. The van der Waals surface area contributed by atoms with Gasteiger partial charge in [-0.15, -0.1) is 0 Å². The van der Waals surface area contributed by atoms with Gasteiger partial charge in [0.1, 0.15) is 5.75 Å². The van der Waals surface area contributed by atoms with Crippen LogP contribution in [0, 0.1) is 0 Å². The summed E-state index contributed by atoms with van der Waals surface area (Å²) in [6.07, 6.45) is 3.19. The fourth-order valence-electron chi connectivity index (χ4n) is 4.10. The molecular weight excluding hydrogens is 322 g/mol. The van der Waals surface area contributed by atoms with Gasteiger partial charge in [-0.05, 0) is 62.5 Å². The average Bonchev–Trinajstić information content (AvgIpc) is 3.20. The fourth-order valence-corrected chi connectivity index (χ4v) is 4.10. The second-order valence-corrected chi connectivity index (χ2v) is 7.21. The summed E-state index contributed by atoms with van der Waals surface area (Å²) in [5, 5.41) is 11.8. The number of nitrogens with zero attached hydrogens (tertiary/aromatic N) is 1. The van der Waals surface area contributed by atoms with Crippen LogP contribution in [-0.2, 0) is 5.60 Å². The van der Waals surface area contributed by atoms with Gasteiger partial charge in [-0.3, -0.25) is 0 Å². The summed E-state index contributed by atoms with van der Waals surface area (Å²) in [6.45, 7) is 7.87. The lowest BCUT2D eigenvalue weighted by Gasteiger charge is -2.38. The minimum absolute atomic E-state index is 0.0461. The smallest absolute Gasteiger partial charge is 0.119 e. The zero-order chi connectivity index (χ0) is 18.4. The standard InChI is InChI=1S/C23H31NO2/c1-3-23(25,20-12-14-21(15-13-20)26-4-2)22(18-24-16-8-9-17-24)19-10-6-5-7-11-19/h5-7,10-15,22,25H,3-4,8-9,16-18H2,1-2H3/t22-,23-/m0/s1. The molecule has 2 aromatic carbocycles. The molecule has 0 bridgehead atoms. The summed E-state index contributed by atoms with van der Waals surface area (Å²) in [5.41, 5.74) is 1.28. The molecular formula is C23H31NO2. The van der Waals surface area contributed by atoms with Crippen molar-refractivity contribution in [3.8, 4) is 5.75 Å². The molecule has 3 nitrogen and oxygen atoms in total. The lowest BCUT2D eigenvalue weighted by molar-refractivity contribution is -0.00677. The van der Waals surface area contributed by atoms with E-state index in [1.54, 1.807) is 0 Å². The lowest BCUT2D eigenvalue weighted by Crippen LogP contribution is -2.40. The fraction of sp³-hybridized carbons (Fsp3) is 0.478. The van der Waals surface area contributed by atoms with Gasteiger partial charge in [-0.25, -0.2) is 0 Å². The molecule has 3 rings (SSSR count). The normalized spacial score (nSPS) is 18.4. The summed E-state index contributed by atoms with van der Waals surface area (Å²) >= 11 is 0. The van der Waals surface area contributed by atoms with Crippen molar-refractivity contribution in [3.63, 3.8) is 0 Å². The van der Waals surface area contributed by atoms with Crippen molar-refractivity contribution < 1.29 is 9.84 Å². The van der Waals surface area contributed by atoms with Gasteiger partial charge in [0.05, 0.1) is 12.2 Å².